The molecule has 0 aliphatic rings. The SMILES string of the molecule is CCCC(Cn1cccc(NC)c1=O)OC. The number of nitrogens with zero attached hydrogens (tertiary/aromatic N) is 1. The molecule has 1 aromatic heterocycles. The summed E-state index contributed by atoms with van der Waals surface area (Å²) in [6, 6.07) is 3.65. The highest BCUT2D eigenvalue weighted by Gasteiger charge is 2.09. The first-order chi connectivity index (χ1) is 7.72. The lowest BCUT2D eigenvalue weighted by molar-refractivity contribution is 0.0791. The second kappa shape index (κ2) is 6.33. The van der Waals surface area contributed by atoms with Gasteiger partial charge in [0.2, 0.25) is 0 Å². The van der Waals surface area contributed by atoms with Crippen LogP contribution in [-0.2, 0) is 11.3 Å². The number of ether oxygens (including phenoxy) is 1. The van der Waals surface area contributed by atoms with E-state index in [9.17, 15) is 4.79 Å². The number of nitrogens with one attached hydrogen (secondary N) is 1. The lowest BCUT2D eigenvalue weighted by Crippen LogP contribution is -2.28. The molecule has 4 nitrogen and oxygen atoms in total. The summed E-state index contributed by atoms with van der Waals surface area (Å²) in [7, 11) is 3.44. The first-order valence-corrected chi connectivity index (χ1v) is 5.63. The third-order valence-electron chi connectivity index (χ3n) is 2.63. The Bertz CT molecular complexity index is 374. The average molecular weight is 224 g/mol. The molecule has 0 spiro atoms. The summed E-state index contributed by atoms with van der Waals surface area (Å²) < 4.78 is 7.03. The molecule has 0 fully saturated rings. The third kappa shape index (κ3) is 3.10. The molecule has 0 saturated carbocycles. The molecule has 0 saturated heterocycles. The summed E-state index contributed by atoms with van der Waals surface area (Å²) in [5, 5.41) is 2.88. The van der Waals surface area contributed by atoms with Crippen LogP contribution in [-0.4, -0.2) is 24.8 Å². The Kier molecular flexibility index (Phi) is 5.05. The van der Waals surface area contributed by atoms with E-state index in [-0.39, 0.29) is 11.7 Å². The predicted molar refractivity (Wildman–Crippen MR) is 66.0 cm³/mol. The maximum absolute atomic E-state index is 11.9. The van der Waals surface area contributed by atoms with Crippen LogP contribution in [0, 0.1) is 0 Å². The van der Waals surface area contributed by atoms with E-state index in [0.717, 1.165) is 12.8 Å². The molecular weight excluding hydrogens is 204 g/mol. The van der Waals surface area contributed by atoms with Gasteiger partial charge in [-0.1, -0.05) is 13.3 Å². The highest BCUT2D eigenvalue weighted by molar-refractivity contribution is 5.39. The van der Waals surface area contributed by atoms with E-state index in [2.05, 4.69) is 12.2 Å². The fourth-order valence-corrected chi connectivity index (χ4v) is 1.70. The Hall–Kier alpha value is -1.29. The van der Waals surface area contributed by atoms with Gasteiger partial charge in [-0.2, -0.15) is 0 Å². The quantitative estimate of drug-likeness (QED) is 0.800. The highest BCUT2D eigenvalue weighted by atomic mass is 16.5. The van der Waals surface area contributed by atoms with Gasteiger partial charge in [-0.15, -0.1) is 0 Å². The molecule has 0 aliphatic carbocycles. The van der Waals surface area contributed by atoms with E-state index in [1.165, 1.54) is 0 Å². The summed E-state index contributed by atoms with van der Waals surface area (Å²) in [6.45, 7) is 2.72. The summed E-state index contributed by atoms with van der Waals surface area (Å²) in [5.74, 6) is 0. The van der Waals surface area contributed by atoms with Crippen molar-refractivity contribution in [3.63, 3.8) is 0 Å². The molecule has 1 atom stereocenters. The van der Waals surface area contributed by atoms with Gasteiger partial charge < -0.3 is 14.6 Å². The van der Waals surface area contributed by atoms with Crippen molar-refractivity contribution in [1.29, 1.82) is 0 Å². The minimum Gasteiger partial charge on any atom is -0.384 e. The fraction of sp³-hybridized carbons (Fsp3) is 0.583. The van der Waals surface area contributed by atoms with Gasteiger partial charge in [0.15, 0.2) is 0 Å². The number of pyridine rings is 1. The van der Waals surface area contributed by atoms with Crippen LogP contribution >= 0.6 is 0 Å². The number of hydrogen-bond acceptors (Lipinski definition) is 3. The first kappa shape index (κ1) is 12.8. The predicted octanol–water partition coefficient (Wildman–Crippen LogP) is 1.71. The molecule has 1 aromatic rings. The molecule has 1 N–H and O–H groups in total. The van der Waals surface area contributed by atoms with Crippen molar-refractivity contribution in [3.05, 3.63) is 28.7 Å². The molecule has 1 heterocycles. The number of aromatic nitrogens is 1. The maximum Gasteiger partial charge on any atom is 0.273 e. The lowest BCUT2D eigenvalue weighted by Gasteiger charge is -2.16. The van der Waals surface area contributed by atoms with Crippen LogP contribution in [0.25, 0.3) is 0 Å². The number of rotatable bonds is 6. The van der Waals surface area contributed by atoms with E-state index in [1.54, 1.807) is 31.0 Å². The van der Waals surface area contributed by atoms with Gasteiger partial charge in [-0.25, -0.2) is 0 Å². The van der Waals surface area contributed by atoms with Crippen LogP contribution in [0.4, 0.5) is 5.69 Å². The number of hydrogen-bond donors (Lipinski definition) is 1. The molecule has 0 aliphatic heterocycles. The largest absolute Gasteiger partial charge is 0.384 e. The third-order valence-corrected chi connectivity index (χ3v) is 2.63. The highest BCUT2D eigenvalue weighted by Crippen LogP contribution is 2.04. The Labute approximate surface area is 96.2 Å². The minimum atomic E-state index is 0.00292. The van der Waals surface area contributed by atoms with Crippen molar-refractivity contribution < 1.29 is 4.74 Å². The second-order valence-electron chi connectivity index (χ2n) is 3.78. The van der Waals surface area contributed by atoms with Gasteiger partial charge in [-0.3, -0.25) is 4.79 Å². The average Bonchev–Trinajstić information content (AvgIpc) is 2.31. The van der Waals surface area contributed by atoms with Gasteiger partial charge in [0, 0.05) is 20.4 Å². The van der Waals surface area contributed by atoms with Gasteiger partial charge in [0.25, 0.3) is 5.56 Å². The van der Waals surface area contributed by atoms with Crippen molar-refractivity contribution in [2.45, 2.75) is 32.4 Å². The van der Waals surface area contributed by atoms with Crippen LogP contribution in [0.2, 0.25) is 0 Å². The van der Waals surface area contributed by atoms with Crippen LogP contribution in [0.3, 0.4) is 0 Å². The van der Waals surface area contributed by atoms with Crippen molar-refractivity contribution >= 4 is 5.69 Å². The standard InChI is InChI=1S/C12H20N2O2/c1-4-6-10(16-3)9-14-8-5-7-11(13-2)12(14)15/h5,7-8,10,13H,4,6,9H2,1-3H3. The summed E-state index contributed by atoms with van der Waals surface area (Å²) in [6.07, 6.45) is 3.92. The van der Waals surface area contributed by atoms with E-state index < -0.39 is 0 Å². The Morgan fingerprint density at radius 3 is 2.88 bits per heavy atom. The van der Waals surface area contributed by atoms with Gasteiger partial charge in [0.1, 0.15) is 5.69 Å². The fourth-order valence-electron chi connectivity index (χ4n) is 1.70. The molecule has 0 bridgehead atoms. The van der Waals surface area contributed by atoms with E-state index in [4.69, 9.17) is 4.74 Å². The van der Waals surface area contributed by atoms with E-state index in [0.29, 0.717) is 12.2 Å². The van der Waals surface area contributed by atoms with Gasteiger partial charge >= 0.3 is 0 Å². The molecule has 4 heteroatoms. The zero-order chi connectivity index (χ0) is 12.0. The van der Waals surface area contributed by atoms with Gasteiger partial charge in [-0.05, 0) is 18.6 Å². The minimum absolute atomic E-state index is 0.00292. The topological polar surface area (TPSA) is 43.3 Å². The molecule has 0 radical (unpaired) electrons. The normalized spacial score (nSPS) is 12.4. The van der Waals surface area contributed by atoms with E-state index >= 15 is 0 Å². The monoisotopic (exact) mass is 224 g/mol. The summed E-state index contributed by atoms with van der Waals surface area (Å²) in [5.41, 5.74) is 0.622. The maximum atomic E-state index is 11.9. The molecule has 90 valence electrons. The Balaban J connectivity index is 2.84. The molecule has 0 aromatic carbocycles. The van der Waals surface area contributed by atoms with Crippen molar-refractivity contribution in [2.75, 3.05) is 19.5 Å². The molecule has 16 heavy (non-hydrogen) atoms. The summed E-state index contributed by atoms with van der Waals surface area (Å²) >= 11 is 0. The van der Waals surface area contributed by atoms with Crippen LogP contribution in [0.15, 0.2) is 23.1 Å². The molecule has 1 unspecified atom stereocenters. The molecule has 0 amide bonds. The van der Waals surface area contributed by atoms with Crippen molar-refractivity contribution in [1.82, 2.24) is 4.57 Å². The Morgan fingerprint density at radius 1 is 1.56 bits per heavy atom. The number of methoxy groups -OCH3 is 1. The molecular formula is C12H20N2O2. The van der Waals surface area contributed by atoms with Crippen molar-refractivity contribution in [2.24, 2.45) is 0 Å². The van der Waals surface area contributed by atoms with Gasteiger partial charge in [0.05, 0.1) is 12.6 Å². The van der Waals surface area contributed by atoms with Crippen LogP contribution < -0.4 is 10.9 Å². The lowest BCUT2D eigenvalue weighted by atomic mass is 10.2. The van der Waals surface area contributed by atoms with E-state index in [1.807, 2.05) is 6.07 Å². The second-order valence-corrected chi connectivity index (χ2v) is 3.78. The van der Waals surface area contributed by atoms with Crippen LogP contribution in [0.1, 0.15) is 19.8 Å². The van der Waals surface area contributed by atoms with Crippen LogP contribution in [0.5, 0.6) is 0 Å². The zero-order valence-electron chi connectivity index (χ0n) is 10.2. The first-order valence-electron chi connectivity index (χ1n) is 5.63. The number of anilines is 1. The summed E-state index contributed by atoms with van der Waals surface area (Å²) in [4.78, 5) is 11.9. The Morgan fingerprint density at radius 2 is 2.31 bits per heavy atom. The zero-order valence-corrected chi connectivity index (χ0v) is 10.2. The van der Waals surface area contributed by atoms with Crippen molar-refractivity contribution in [3.8, 4) is 0 Å². The molecule has 1 rings (SSSR count). The smallest absolute Gasteiger partial charge is 0.273 e.